The first-order valence-corrected chi connectivity index (χ1v) is 7.21. The number of hydrogen-bond donors (Lipinski definition) is 2. The molecule has 0 atom stereocenters. The fourth-order valence-electron chi connectivity index (χ4n) is 1.55. The van der Waals surface area contributed by atoms with Crippen molar-refractivity contribution in [2.24, 2.45) is 5.92 Å². The van der Waals surface area contributed by atoms with Crippen molar-refractivity contribution in [2.45, 2.75) is 25.7 Å². The normalized spacial score (nSPS) is 16.1. The Kier molecular flexibility index (Phi) is 6.85. The summed E-state index contributed by atoms with van der Waals surface area (Å²) in [5.74, 6) is 1.74. The molecule has 1 aliphatic heterocycles. The number of nitrogens with one attached hydrogen (secondary N) is 2. The fraction of sp³-hybridized carbons (Fsp3) is 0.909. The van der Waals surface area contributed by atoms with Gasteiger partial charge in [-0.05, 0) is 24.9 Å². The first-order valence-electron chi connectivity index (χ1n) is 5.82. The molecule has 0 saturated carbocycles. The van der Waals surface area contributed by atoms with Crippen LogP contribution in [-0.2, 0) is 4.79 Å². The Morgan fingerprint density at radius 1 is 1.33 bits per heavy atom. The number of rotatable bonds is 8. The summed E-state index contributed by atoms with van der Waals surface area (Å²) in [4.78, 5) is 11.4. The molecule has 88 valence electrons. The Morgan fingerprint density at radius 3 is 2.67 bits per heavy atom. The van der Waals surface area contributed by atoms with Gasteiger partial charge < -0.3 is 10.6 Å². The lowest BCUT2D eigenvalue weighted by Gasteiger charge is -2.25. The zero-order chi connectivity index (χ0) is 10.9. The van der Waals surface area contributed by atoms with E-state index in [0.29, 0.717) is 0 Å². The van der Waals surface area contributed by atoms with Crippen LogP contribution in [0.5, 0.6) is 0 Å². The minimum Gasteiger partial charge on any atom is -0.356 e. The van der Waals surface area contributed by atoms with Crippen LogP contribution < -0.4 is 10.6 Å². The second-order valence-electron chi connectivity index (χ2n) is 4.05. The largest absolute Gasteiger partial charge is 0.356 e. The maximum Gasteiger partial charge on any atom is 0.225 e. The topological polar surface area (TPSA) is 41.1 Å². The maximum atomic E-state index is 11.4. The predicted octanol–water partition coefficient (Wildman–Crippen LogP) is 1.25. The molecular formula is C11H22N2OS. The average Bonchev–Trinajstić information content (AvgIpc) is 2.14. The highest BCUT2D eigenvalue weighted by Crippen LogP contribution is 2.05. The Morgan fingerprint density at radius 2 is 2.07 bits per heavy atom. The summed E-state index contributed by atoms with van der Waals surface area (Å²) in [6.07, 6.45) is 7.11. The van der Waals surface area contributed by atoms with Gasteiger partial charge in [0.05, 0.1) is 5.92 Å². The quantitative estimate of drug-likeness (QED) is 0.617. The molecule has 1 amide bonds. The summed E-state index contributed by atoms with van der Waals surface area (Å²) in [6, 6.07) is 0. The van der Waals surface area contributed by atoms with Crippen LogP contribution in [0.15, 0.2) is 0 Å². The number of carbonyl (C=O) groups is 1. The first kappa shape index (κ1) is 12.8. The van der Waals surface area contributed by atoms with Crippen LogP contribution in [0, 0.1) is 5.92 Å². The molecule has 1 fully saturated rings. The zero-order valence-corrected chi connectivity index (χ0v) is 10.4. The Labute approximate surface area is 96.8 Å². The van der Waals surface area contributed by atoms with E-state index in [0.717, 1.165) is 26.1 Å². The van der Waals surface area contributed by atoms with E-state index in [1.165, 1.54) is 25.0 Å². The second kappa shape index (κ2) is 7.99. The number of hydrogen-bond acceptors (Lipinski definition) is 3. The lowest BCUT2D eigenvalue weighted by molar-refractivity contribution is -0.126. The molecule has 0 aromatic heterocycles. The standard InChI is InChI=1S/C11H22N2OS/c1-15-7-5-3-2-4-6-13-11(14)10-8-12-9-10/h10,12H,2-9H2,1H3,(H,13,14). The van der Waals surface area contributed by atoms with Crippen LogP contribution in [0.2, 0.25) is 0 Å². The van der Waals surface area contributed by atoms with Gasteiger partial charge in [0.1, 0.15) is 0 Å². The molecule has 1 heterocycles. The first-order chi connectivity index (χ1) is 7.34. The van der Waals surface area contributed by atoms with Crippen LogP contribution in [0.25, 0.3) is 0 Å². The lowest BCUT2D eigenvalue weighted by atomic mass is 10.0. The highest BCUT2D eigenvalue weighted by Gasteiger charge is 2.23. The Bertz CT molecular complexity index is 183. The van der Waals surface area contributed by atoms with Gasteiger partial charge in [-0.2, -0.15) is 11.8 Å². The molecule has 1 saturated heterocycles. The summed E-state index contributed by atoms with van der Waals surface area (Å²) in [5.41, 5.74) is 0. The minimum absolute atomic E-state index is 0.234. The van der Waals surface area contributed by atoms with Crippen LogP contribution in [-0.4, -0.2) is 37.6 Å². The van der Waals surface area contributed by atoms with Gasteiger partial charge in [0, 0.05) is 19.6 Å². The number of carbonyl (C=O) groups excluding carboxylic acids is 1. The molecule has 0 radical (unpaired) electrons. The number of amides is 1. The molecule has 4 heteroatoms. The molecule has 0 spiro atoms. The third-order valence-electron chi connectivity index (χ3n) is 2.73. The third-order valence-corrected chi connectivity index (χ3v) is 3.42. The average molecular weight is 230 g/mol. The summed E-state index contributed by atoms with van der Waals surface area (Å²) in [5, 5.41) is 6.10. The van der Waals surface area contributed by atoms with Crippen LogP contribution in [0.3, 0.4) is 0 Å². The fourth-order valence-corrected chi connectivity index (χ4v) is 2.05. The molecule has 0 aromatic carbocycles. The summed E-state index contributed by atoms with van der Waals surface area (Å²) in [7, 11) is 0. The molecule has 1 aliphatic rings. The van der Waals surface area contributed by atoms with Gasteiger partial charge >= 0.3 is 0 Å². The van der Waals surface area contributed by atoms with Crippen molar-refractivity contribution in [1.29, 1.82) is 0 Å². The Balaban J connectivity index is 1.81. The third kappa shape index (κ3) is 5.42. The second-order valence-corrected chi connectivity index (χ2v) is 5.04. The van der Waals surface area contributed by atoms with E-state index < -0.39 is 0 Å². The maximum absolute atomic E-state index is 11.4. The van der Waals surface area contributed by atoms with Gasteiger partial charge in [-0.3, -0.25) is 4.79 Å². The summed E-state index contributed by atoms with van der Waals surface area (Å²) >= 11 is 1.91. The van der Waals surface area contributed by atoms with Crippen molar-refractivity contribution in [3.8, 4) is 0 Å². The Hall–Kier alpha value is -0.220. The van der Waals surface area contributed by atoms with Gasteiger partial charge in [-0.15, -0.1) is 0 Å². The van der Waals surface area contributed by atoms with E-state index in [1.54, 1.807) is 0 Å². The van der Waals surface area contributed by atoms with Crippen LogP contribution in [0.4, 0.5) is 0 Å². The van der Waals surface area contributed by atoms with Gasteiger partial charge in [0.25, 0.3) is 0 Å². The molecule has 3 nitrogen and oxygen atoms in total. The molecule has 15 heavy (non-hydrogen) atoms. The van der Waals surface area contributed by atoms with Crippen LogP contribution in [0.1, 0.15) is 25.7 Å². The van der Waals surface area contributed by atoms with Crippen molar-refractivity contribution in [1.82, 2.24) is 10.6 Å². The monoisotopic (exact) mass is 230 g/mol. The molecular weight excluding hydrogens is 208 g/mol. The van der Waals surface area contributed by atoms with E-state index in [2.05, 4.69) is 16.9 Å². The molecule has 0 aliphatic carbocycles. The molecule has 0 unspecified atom stereocenters. The summed E-state index contributed by atoms with van der Waals surface area (Å²) in [6.45, 7) is 2.58. The van der Waals surface area contributed by atoms with Gasteiger partial charge in [-0.1, -0.05) is 12.8 Å². The van der Waals surface area contributed by atoms with Gasteiger partial charge in [0.2, 0.25) is 5.91 Å². The van der Waals surface area contributed by atoms with Crippen LogP contribution >= 0.6 is 11.8 Å². The SMILES string of the molecule is CSCCCCCCNC(=O)C1CNC1. The van der Waals surface area contributed by atoms with E-state index in [-0.39, 0.29) is 11.8 Å². The van der Waals surface area contributed by atoms with Crippen molar-refractivity contribution in [2.75, 3.05) is 31.6 Å². The minimum atomic E-state index is 0.234. The number of thioether (sulfide) groups is 1. The van der Waals surface area contributed by atoms with E-state index >= 15 is 0 Å². The zero-order valence-electron chi connectivity index (χ0n) is 9.55. The van der Waals surface area contributed by atoms with E-state index in [1.807, 2.05) is 11.8 Å². The predicted molar refractivity (Wildman–Crippen MR) is 66.2 cm³/mol. The molecule has 1 rings (SSSR count). The summed E-state index contributed by atoms with van der Waals surface area (Å²) < 4.78 is 0. The van der Waals surface area contributed by atoms with Crippen molar-refractivity contribution < 1.29 is 4.79 Å². The molecule has 0 aromatic rings. The highest BCUT2D eigenvalue weighted by atomic mass is 32.2. The van der Waals surface area contributed by atoms with E-state index in [4.69, 9.17) is 0 Å². The van der Waals surface area contributed by atoms with E-state index in [9.17, 15) is 4.79 Å². The van der Waals surface area contributed by atoms with Crippen molar-refractivity contribution >= 4 is 17.7 Å². The lowest BCUT2D eigenvalue weighted by Crippen LogP contribution is -2.50. The molecule has 0 bridgehead atoms. The highest BCUT2D eigenvalue weighted by molar-refractivity contribution is 7.98. The smallest absolute Gasteiger partial charge is 0.225 e. The van der Waals surface area contributed by atoms with Crippen molar-refractivity contribution in [3.63, 3.8) is 0 Å². The molecule has 2 N–H and O–H groups in total. The number of unbranched alkanes of at least 4 members (excludes halogenated alkanes) is 3. The van der Waals surface area contributed by atoms with Gasteiger partial charge in [0.15, 0.2) is 0 Å². The van der Waals surface area contributed by atoms with Crippen molar-refractivity contribution in [3.05, 3.63) is 0 Å². The van der Waals surface area contributed by atoms with Gasteiger partial charge in [-0.25, -0.2) is 0 Å².